The van der Waals surface area contributed by atoms with Gasteiger partial charge in [-0.2, -0.15) is 13.2 Å². The number of hydrogen-bond acceptors (Lipinski definition) is 10. The van der Waals surface area contributed by atoms with Crippen molar-refractivity contribution in [2.45, 2.75) is 63.1 Å². The number of halogens is 3. The highest BCUT2D eigenvalue weighted by Gasteiger charge is 2.55. The minimum atomic E-state index is -4.80. The van der Waals surface area contributed by atoms with Crippen LogP contribution in [0, 0.1) is 0 Å². The van der Waals surface area contributed by atoms with Gasteiger partial charge in [0.2, 0.25) is 0 Å². The van der Waals surface area contributed by atoms with Crippen molar-refractivity contribution in [3.05, 3.63) is 0 Å². The largest absolute Gasteiger partial charge is 0.463 e. The SMILES string of the molecule is CC(=O)OCC1O[C@@H](SC(F)(F)F)C(OC(C)=O)C(OC(C)=O)[C@@H]1OC(C)=O. The van der Waals surface area contributed by atoms with Gasteiger partial charge in [-0.05, 0) is 11.8 Å². The molecule has 0 spiro atoms. The van der Waals surface area contributed by atoms with Gasteiger partial charge in [-0.3, -0.25) is 19.2 Å². The smallest absolute Gasteiger partial charge is 0.444 e. The summed E-state index contributed by atoms with van der Waals surface area (Å²) in [5.74, 6) is -3.54. The predicted octanol–water partition coefficient (Wildman–Crippen LogP) is 1.32. The van der Waals surface area contributed by atoms with Crippen molar-refractivity contribution in [1.82, 2.24) is 0 Å². The van der Waals surface area contributed by atoms with Crippen LogP contribution in [0.25, 0.3) is 0 Å². The topological polar surface area (TPSA) is 114 Å². The van der Waals surface area contributed by atoms with Crippen molar-refractivity contribution in [3.63, 3.8) is 0 Å². The number of carbonyl (C=O) groups excluding carboxylic acids is 4. The molecule has 0 aromatic carbocycles. The molecule has 0 aliphatic carbocycles. The van der Waals surface area contributed by atoms with Crippen molar-refractivity contribution >= 4 is 35.6 Å². The minimum Gasteiger partial charge on any atom is -0.463 e. The molecule has 9 nitrogen and oxygen atoms in total. The van der Waals surface area contributed by atoms with Gasteiger partial charge in [-0.1, -0.05) is 0 Å². The molecule has 0 N–H and O–H groups in total. The fourth-order valence-corrected chi connectivity index (χ4v) is 3.22. The van der Waals surface area contributed by atoms with Gasteiger partial charge in [-0.25, -0.2) is 0 Å². The lowest BCUT2D eigenvalue weighted by Gasteiger charge is -2.44. The number of carbonyl (C=O) groups is 4. The number of alkyl halides is 3. The van der Waals surface area contributed by atoms with Gasteiger partial charge < -0.3 is 23.7 Å². The van der Waals surface area contributed by atoms with E-state index >= 15 is 0 Å². The Morgan fingerprint density at radius 3 is 1.71 bits per heavy atom. The van der Waals surface area contributed by atoms with E-state index < -0.39 is 77.6 Å². The van der Waals surface area contributed by atoms with Crippen LogP contribution in [0.2, 0.25) is 0 Å². The van der Waals surface area contributed by atoms with Gasteiger partial charge in [0, 0.05) is 27.7 Å². The van der Waals surface area contributed by atoms with E-state index in [1.54, 1.807) is 0 Å². The van der Waals surface area contributed by atoms with E-state index in [9.17, 15) is 32.3 Å². The Morgan fingerprint density at radius 1 is 0.821 bits per heavy atom. The molecule has 0 amide bonds. The molecule has 1 fully saturated rings. The number of rotatable bonds is 6. The van der Waals surface area contributed by atoms with Crippen molar-refractivity contribution in [2.75, 3.05) is 6.61 Å². The van der Waals surface area contributed by atoms with E-state index in [-0.39, 0.29) is 0 Å². The fourth-order valence-electron chi connectivity index (χ4n) is 2.42. The molecule has 1 heterocycles. The van der Waals surface area contributed by atoms with Crippen molar-refractivity contribution in [3.8, 4) is 0 Å². The summed E-state index contributed by atoms with van der Waals surface area (Å²) in [5.41, 5.74) is -6.68. The number of ether oxygens (including phenoxy) is 5. The maximum absolute atomic E-state index is 13.0. The minimum absolute atomic E-state index is 0.591. The summed E-state index contributed by atoms with van der Waals surface area (Å²) < 4.78 is 63.8. The van der Waals surface area contributed by atoms with Crippen LogP contribution in [0.5, 0.6) is 0 Å². The van der Waals surface area contributed by atoms with E-state index in [1.807, 2.05) is 0 Å². The third kappa shape index (κ3) is 7.92. The quantitative estimate of drug-likeness (QED) is 0.450. The molecule has 1 aliphatic heterocycles. The number of esters is 4. The zero-order valence-corrected chi connectivity index (χ0v) is 16.1. The zero-order valence-electron chi connectivity index (χ0n) is 15.3. The fraction of sp³-hybridized carbons (Fsp3) is 0.733. The second-order valence-electron chi connectivity index (χ2n) is 5.63. The Hall–Kier alpha value is -2.02. The molecule has 1 saturated heterocycles. The molecule has 0 aromatic heterocycles. The molecular weight excluding hydrogens is 413 g/mol. The first-order valence-electron chi connectivity index (χ1n) is 7.85. The summed E-state index contributed by atoms with van der Waals surface area (Å²) in [6.07, 6.45) is -6.27. The summed E-state index contributed by atoms with van der Waals surface area (Å²) in [4.78, 5) is 45.4. The van der Waals surface area contributed by atoms with Crippen LogP contribution in [0.4, 0.5) is 13.2 Å². The Labute approximate surface area is 162 Å². The standard InChI is InChI=1S/C15H19F3O9S/c1-6(19)23-5-10-11(24-7(2)20)12(25-8(3)21)13(26-9(4)22)14(27-10)28-15(16,17)18/h10-14H,5H2,1-4H3/t10?,11-,12?,13?,14+/m1/s1. The first-order chi connectivity index (χ1) is 12.8. The first-order valence-corrected chi connectivity index (χ1v) is 8.73. The van der Waals surface area contributed by atoms with Crippen molar-refractivity contribution < 1.29 is 56.0 Å². The average molecular weight is 432 g/mol. The van der Waals surface area contributed by atoms with E-state index in [4.69, 9.17) is 23.7 Å². The molecule has 13 heteroatoms. The summed E-state index contributed by atoms with van der Waals surface area (Å²) >= 11 is -0.654. The predicted molar refractivity (Wildman–Crippen MR) is 85.6 cm³/mol. The molecule has 160 valence electrons. The van der Waals surface area contributed by atoms with Crippen LogP contribution in [-0.4, -0.2) is 65.8 Å². The summed E-state index contributed by atoms with van der Waals surface area (Å²) in [6, 6.07) is 0. The maximum Gasteiger partial charge on any atom is 0.444 e. The molecular formula is C15H19F3O9S. The van der Waals surface area contributed by atoms with Gasteiger partial charge in [0.25, 0.3) is 0 Å². The van der Waals surface area contributed by atoms with Crippen LogP contribution in [0.3, 0.4) is 0 Å². The van der Waals surface area contributed by atoms with Crippen molar-refractivity contribution in [2.24, 2.45) is 0 Å². The van der Waals surface area contributed by atoms with Crippen LogP contribution in [0.1, 0.15) is 27.7 Å². The van der Waals surface area contributed by atoms with Gasteiger partial charge in [0.15, 0.2) is 23.7 Å². The molecule has 0 aromatic rings. The van der Waals surface area contributed by atoms with E-state index in [2.05, 4.69) is 0 Å². The highest BCUT2D eigenvalue weighted by Crippen LogP contribution is 2.42. The summed E-state index contributed by atoms with van der Waals surface area (Å²) in [7, 11) is 0. The first kappa shape index (κ1) is 24.0. The van der Waals surface area contributed by atoms with E-state index in [0.29, 0.717) is 0 Å². The lowest BCUT2D eigenvalue weighted by atomic mass is 9.99. The van der Waals surface area contributed by atoms with Crippen LogP contribution < -0.4 is 0 Å². The Balaban J connectivity index is 3.33. The second-order valence-corrected chi connectivity index (χ2v) is 6.79. The zero-order chi connectivity index (χ0) is 21.6. The van der Waals surface area contributed by atoms with E-state index in [1.165, 1.54) is 0 Å². The lowest BCUT2D eigenvalue weighted by Crippen LogP contribution is -2.61. The lowest BCUT2D eigenvalue weighted by molar-refractivity contribution is -0.238. The van der Waals surface area contributed by atoms with Crippen LogP contribution in [0.15, 0.2) is 0 Å². The highest BCUT2D eigenvalue weighted by atomic mass is 32.2. The molecule has 1 aliphatic rings. The Kier molecular flexibility index (Phi) is 8.54. The molecule has 0 radical (unpaired) electrons. The van der Waals surface area contributed by atoms with Gasteiger partial charge in [-0.15, -0.1) is 0 Å². The summed E-state index contributed by atoms with van der Waals surface area (Å²) in [6.45, 7) is 3.37. The van der Waals surface area contributed by atoms with Gasteiger partial charge in [0.05, 0.1) is 0 Å². The summed E-state index contributed by atoms with van der Waals surface area (Å²) in [5, 5.41) is 0. The number of hydrogen-bond donors (Lipinski definition) is 0. The van der Waals surface area contributed by atoms with Gasteiger partial charge in [0.1, 0.15) is 12.7 Å². The molecule has 5 atom stereocenters. The molecule has 28 heavy (non-hydrogen) atoms. The normalized spacial score (nSPS) is 27.5. The molecule has 3 unspecified atom stereocenters. The van der Waals surface area contributed by atoms with Crippen molar-refractivity contribution in [1.29, 1.82) is 0 Å². The third-order valence-corrected chi connectivity index (χ3v) is 4.08. The monoisotopic (exact) mass is 432 g/mol. The Bertz CT molecular complexity index is 610. The Morgan fingerprint density at radius 2 is 1.29 bits per heavy atom. The average Bonchev–Trinajstić information content (AvgIpc) is 2.48. The highest BCUT2D eigenvalue weighted by molar-refractivity contribution is 8.00. The molecule has 0 bridgehead atoms. The van der Waals surface area contributed by atoms with E-state index in [0.717, 1.165) is 27.7 Å². The third-order valence-electron chi connectivity index (χ3n) is 3.20. The van der Waals surface area contributed by atoms with Gasteiger partial charge >= 0.3 is 29.4 Å². The second kappa shape index (κ2) is 9.96. The molecule has 1 rings (SSSR count). The van der Waals surface area contributed by atoms with Crippen LogP contribution >= 0.6 is 11.8 Å². The molecule has 0 saturated carbocycles. The van der Waals surface area contributed by atoms with Crippen LogP contribution in [-0.2, 0) is 42.9 Å². The number of thioether (sulfide) groups is 1. The maximum atomic E-state index is 13.0.